The Morgan fingerprint density at radius 3 is 3.00 bits per heavy atom. The molecular weight excluding hydrogens is 228 g/mol. The summed E-state index contributed by atoms with van der Waals surface area (Å²) in [6.45, 7) is 0. The highest BCUT2D eigenvalue weighted by atomic mass is 16.3. The summed E-state index contributed by atoms with van der Waals surface area (Å²) in [7, 11) is 0. The largest absolute Gasteiger partial charge is 0.469 e. The molecule has 0 aromatic carbocycles. The van der Waals surface area contributed by atoms with Crippen LogP contribution in [0.5, 0.6) is 0 Å². The second kappa shape index (κ2) is 4.76. The van der Waals surface area contributed by atoms with E-state index in [1.165, 1.54) is 0 Å². The average Bonchev–Trinajstić information content (AvgIpc) is 2.97. The first-order valence-corrected chi connectivity index (χ1v) is 6.88. The number of furan rings is 1. The van der Waals surface area contributed by atoms with Crippen LogP contribution in [0.25, 0.3) is 0 Å². The van der Waals surface area contributed by atoms with Crippen LogP contribution < -0.4 is 11.1 Å². The fourth-order valence-electron chi connectivity index (χ4n) is 3.23. The van der Waals surface area contributed by atoms with E-state index in [2.05, 4.69) is 5.32 Å². The van der Waals surface area contributed by atoms with E-state index in [1.54, 1.807) is 6.26 Å². The Balaban J connectivity index is 1.69. The van der Waals surface area contributed by atoms with Gasteiger partial charge in [-0.25, -0.2) is 0 Å². The molecule has 3 N–H and O–H groups in total. The van der Waals surface area contributed by atoms with Crippen molar-refractivity contribution in [3.8, 4) is 0 Å². The molecule has 0 spiro atoms. The topological polar surface area (TPSA) is 68.3 Å². The lowest BCUT2D eigenvalue weighted by Crippen LogP contribution is -2.40. The minimum atomic E-state index is 0.00211. The van der Waals surface area contributed by atoms with Crippen LogP contribution in [0.3, 0.4) is 0 Å². The predicted molar refractivity (Wildman–Crippen MR) is 67.8 cm³/mol. The molecule has 4 nitrogen and oxygen atoms in total. The van der Waals surface area contributed by atoms with Crippen LogP contribution in [0.15, 0.2) is 16.7 Å². The number of nitrogens with two attached hydrogens (primary N) is 1. The van der Waals surface area contributed by atoms with E-state index in [0.717, 1.165) is 49.8 Å². The average molecular weight is 248 g/mol. The maximum absolute atomic E-state index is 12.2. The summed E-state index contributed by atoms with van der Waals surface area (Å²) >= 11 is 0. The van der Waals surface area contributed by atoms with Crippen LogP contribution in [-0.4, -0.2) is 11.9 Å². The maximum Gasteiger partial charge on any atom is 0.225 e. The van der Waals surface area contributed by atoms with E-state index < -0.39 is 0 Å². The molecule has 0 radical (unpaired) electrons. The lowest BCUT2D eigenvalue weighted by molar-refractivity contribution is -0.126. The minimum absolute atomic E-state index is 0.00211. The van der Waals surface area contributed by atoms with Crippen molar-refractivity contribution >= 4 is 5.91 Å². The van der Waals surface area contributed by atoms with Crippen molar-refractivity contribution in [3.63, 3.8) is 0 Å². The van der Waals surface area contributed by atoms with E-state index in [4.69, 9.17) is 10.2 Å². The number of rotatable bonds is 2. The van der Waals surface area contributed by atoms with Gasteiger partial charge in [0.05, 0.1) is 18.2 Å². The van der Waals surface area contributed by atoms with E-state index in [-0.39, 0.29) is 23.9 Å². The molecule has 2 aliphatic carbocycles. The smallest absolute Gasteiger partial charge is 0.225 e. The van der Waals surface area contributed by atoms with Crippen molar-refractivity contribution in [1.29, 1.82) is 0 Å². The van der Waals surface area contributed by atoms with Gasteiger partial charge in [-0.15, -0.1) is 0 Å². The zero-order valence-electron chi connectivity index (χ0n) is 10.5. The number of hydrogen-bond donors (Lipinski definition) is 2. The summed E-state index contributed by atoms with van der Waals surface area (Å²) in [5.74, 6) is 1.16. The zero-order valence-corrected chi connectivity index (χ0v) is 10.5. The van der Waals surface area contributed by atoms with Gasteiger partial charge >= 0.3 is 0 Å². The lowest BCUT2D eigenvalue weighted by atomic mass is 9.92. The van der Waals surface area contributed by atoms with E-state index >= 15 is 0 Å². The SMILES string of the molecule is NC1CCCC1C(=O)NC1CCCc2occc21. The third-order valence-corrected chi connectivity index (χ3v) is 4.27. The molecule has 0 saturated heterocycles. The molecule has 0 bridgehead atoms. The third-order valence-electron chi connectivity index (χ3n) is 4.27. The molecule has 4 heteroatoms. The monoisotopic (exact) mass is 248 g/mol. The quantitative estimate of drug-likeness (QED) is 0.840. The number of amides is 1. The number of carbonyl (C=O) groups excluding carboxylic acids is 1. The summed E-state index contributed by atoms with van der Waals surface area (Å²) in [4.78, 5) is 12.2. The first kappa shape index (κ1) is 11.8. The molecule has 1 aromatic heterocycles. The highest BCUT2D eigenvalue weighted by molar-refractivity contribution is 5.80. The number of carbonyl (C=O) groups is 1. The lowest BCUT2D eigenvalue weighted by Gasteiger charge is -2.25. The highest BCUT2D eigenvalue weighted by Gasteiger charge is 2.32. The number of aryl methyl sites for hydroxylation is 1. The molecule has 0 aliphatic heterocycles. The summed E-state index contributed by atoms with van der Waals surface area (Å²) in [5.41, 5.74) is 7.13. The van der Waals surface area contributed by atoms with Crippen LogP contribution in [0.4, 0.5) is 0 Å². The molecule has 1 heterocycles. The van der Waals surface area contributed by atoms with Crippen molar-refractivity contribution in [1.82, 2.24) is 5.32 Å². The Kier molecular flexibility index (Phi) is 3.12. The summed E-state index contributed by atoms with van der Waals surface area (Å²) in [5, 5.41) is 3.15. The summed E-state index contributed by atoms with van der Waals surface area (Å²) < 4.78 is 5.44. The Labute approximate surface area is 107 Å². The summed E-state index contributed by atoms with van der Waals surface area (Å²) in [6, 6.07) is 2.14. The number of fused-ring (bicyclic) bond motifs is 1. The molecule has 3 rings (SSSR count). The maximum atomic E-state index is 12.2. The number of hydrogen-bond acceptors (Lipinski definition) is 3. The van der Waals surface area contributed by atoms with Gasteiger partial charge in [0.15, 0.2) is 0 Å². The molecule has 98 valence electrons. The molecular formula is C14H20N2O2. The Morgan fingerprint density at radius 2 is 2.22 bits per heavy atom. The van der Waals surface area contributed by atoms with Crippen LogP contribution >= 0.6 is 0 Å². The molecule has 2 aliphatic rings. The second-order valence-electron chi connectivity index (χ2n) is 5.45. The fourth-order valence-corrected chi connectivity index (χ4v) is 3.23. The Hall–Kier alpha value is -1.29. The molecule has 1 fully saturated rings. The van der Waals surface area contributed by atoms with Gasteiger partial charge in [-0.3, -0.25) is 4.79 Å². The highest BCUT2D eigenvalue weighted by Crippen LogP contribution is 2.32. The molecule has 1 aromatic rings. The van der Waals surface area contributed by atoms with Gasteiger partial charge in [-0.2, -0.15) is 0 Å². The van der Waals surface area contributed by atoms with Gasteiger partial charge in [0.25, 0.3) is 0 Å². The van der Waals surface area contributed by atoms with Crippen molar-refractivity contribution in [2.24, 2.45) is 11.7 Å². The fraction of sp³-hybridized carbons (Fsp3) is 0.643. The Bertz CT molecular complexity index is 441. The van der Waals surface area contributed by atoms with Crippen LogP contribution in [0.1, 0.15) is 49.5 Å². The van der Waals surface area contributed by atoms with Gasteiger partial charge in [0, 0.05) is 18.0 Å². The van der Waals surface area contributed by atoms with Gasteiger partial charge in [0.1, 0.15) is 5.76 Å². The van der Waals surface area contributed by atoms with Crippen LogP contribution in [0, 0.1) is 5.92 Å². The van der Waals surface area contributed by atoms with Crippen molar-refractivity contribution in [2.75, 3.05) is 0 Å². The van der Waals surface area contributed by atoms with E-state index in [9.17, 15) is 4.79 Å². The summed E-state index contributed by atoms with van der Waals surface area (Å²) in [6.07, 6.45) is 7.75. The number of nitrogens with one attached hydrogen (secondary N) is 1. The first-order chi connectivity index (χ1) is 8.75. The Morgan fingerprint density at radius 1 is 1.33 bits per heavy atom. The van der Waals surface area contributed by atoms with E-state index in [1.807, 2.05) is 6.07 Å². The molecule has 18 heavy (non-hydrogen) atoms. The van der Waals surface area contributed by atoms with Gasteiger partial charge in [-0.1, -0.05) is 6.42 Å². The normalized spacial score (nSPS) is 31.1. The van der Waals surface area contributed by atoms with E-state index in [0.29, 0.717) is 0 Å². The van der Waals surface area contributed by atoms with Crippen LogP contribution in [0.2, 0.25) is 0 Å². The van der Waals surface area contributed by atoms with Gasteiger partial charge < -0.3 is 15.5 Å². The predicted octanol–water partition coefficient (Wildman–Crippen LogP) is 1.90. The molecule has 3 atom stereocenters. The minimum Gasteiger partial charge on any atom is -0.469 e. The van der Waals surface area contributed by atoms with Gasteiger partial charge in [-0.05, 0) is 31.7 Å². The zero-order chi connectivity index (χ0) is 12.5. The molecule has 1 amide bonds. The van der Waals surface area contributed by atoms with Crippen LogP contribution in [-0.2, 0) is 11.2 Å². The van der Waals surface area contributed by atoms with Crippen molar-refractivity contribution in [2.45, 2.75) is 50.6 Å². The third kappa shape index (κ3) is 2.05. The standard InChI is InChI=1S/C14H20N2O2/c15-11-4-1-3-9(11)14(17)16-12-5-2-6-13-10(12)7-8-18-13/h7-9,11-12H,1-6,15H2,(H,16,17). The van der Waals surface area contributed by atoms with Crippen molar-refractivity contribution in [3.05, 3.63) is 23.7 Å². The molecule has 1 saturated carbocycles. The van der Waals surface area contributed by atoms with Crippen molar-refractivity contribution < 1.29 is 9.21 Å². The second-order valence-corrected chi connectivity index (χ2v) is 5.45. The first-order valence-electron chi connectivity index (χ1n) is 6.88. The van der Waals surface area contributed by atoms with Gasteiger partial charge in [0.2, 0.25) is 5.91 Å². The molecule has 3 unspecified atom stereocenters.